The summed E-state index contributed by atoms with van der Waals surface area (Å²) >= 11 is 0. The molecule has 1 heterocycles. The average molecular weight is 177 g/mol. The Morgan fingerprint density at radius 3 is 3.31 bits per heavy atom. The number of aliphatic imine (C=N–C) groups is 1. The fourth-order valence-electron chi connectivity index (χ4n) is 1.26. The van der Waals surface area contributed by atoms with Crippen molar-refractivity contribution in [2.24, 2.45) is 4.99 Å². The Labute approximate surface area is 77.0 Å². The summed E-state index contributed by atoms with van der Waals surface area (Å²) in [6.45, 7) is 3.06. The number of ether oxygens (including phenoxy) is 2. The van der Waals surface area contributed by atoms with Gasteiger partial charge in [0.05, 0.1) is 6.61 Å². The maximum atomic E-state index is 5.35. The van der Waals surface area contributed by atoms with Gasteiger partial charge in [0.2, 0.25) is 0 Å². The number of fused-ring (bicyclic) bond motifs is 1. The van der Waals surface area contributed by atoms with Crippen molar-refractivity contribution in [2.45, 2.75) is 6.92 Å². The Morgan fingerprint density at radius 1 is 1.54 bits per heavy atom. The van der Waals surface area contributed by atoms with Crippen molar-refractivity contribution in [3.8, 4) is 11.5 Å². The fraction of sp³-hybridized carbons (Fsp3) is 0.300. The SMILES string of the molecule is CCOc1ccc2c(c1)C=NCO2. The molecule has 0 bridgehead atoms. The molecule has 0 aromatic heterocycles. The molecule has 0 fully saturated rings. The van der Waals surface area contributed by atoms with Crippen LogP contribution in [0.2, 0.25) is 0 Å². The Morgan fingerprint density at radius 2 is 2.46 bits per heavy atom. The Bertz CT molecular complexity index is 334. The standard InChI is InChI=1S/C10H11NO2/c1-2-12-9-3-4-10-8(5-9)6-11-7-13-10/h3-6H,2,7H2,1H3. The number of hydrogen-bond donors (Lipinski definition) is 0. The van der Waals surface area contributed by atoms with Crippen LogP contribution < -0.4 is 9.47 Å². The molecule has 1 aliphatic rings. The molecule has 1 aromatic carbocycles. The molecule has 0 aliphatic carbocycles. The van der Waals surface area contributed by atoms with Crippen molar-refractivity contribution >= 4 is 6.21 Å². The third-order valence-electron chi connectivity index (χ3n) is 1.82. The summed E-state index contributed by atoms with van der Waals surface area (Å²) < 4.78 is 10.7. The first kappa shape index (κ1) is 8.10. The van der Waals surface area contributed by atoms with Crippen LogP contribution in [0.25, 0.3) is 0 Å². The molecular weight excluding hydrogens is 166 g/mol. The Balaban J connectivity index is 2.31. The number of rotatable bonds is 2. The second-order valence-corrected chi connectivity index (χ2v) is 2.72. The molecule has 0 radical (unpaired) electrons. The van der Waals surface area contributed by atoms with Gasteiger partial charge in [-0.1, -0.05) is 0 Å². The molecule has 0 spiro atoms. The first-order valence-corrected chi connectivity index (χ1v) is 4.29. The minimum Gasteiger partial charge on any atom is -0.494 e. The number of nitrogens with zero attached hydrogens (tertiary/aromatic N) is 1. The highest BCUT2D eigenvalue weighted by molar-refractivity contribution is 5.84. The van der Waals surface area contributed by atoms with Gasteiger partial charge in [-0.05, 0) is 25.1 Å². The third-order valence-corrected chi connectivity index (χ3v) is 1.82. The average Bonchev–Trinajstić information content (AvgIpc) is 2.18. The molecule has 3 nitrogen and oxygen atoms in total. The first-order chi connectivity index (χ1) is 6.40. The molecule has 68 valence electrons. The Hall–Kier alpha value is -1.51. The third kappa shape index (κ3) is 1.64. The van der Waals surface area contributed by atoms with E-state index in [4.69, 9.17) is 9.47 Å². The van der Waals surface area contributed by atoms with Crippen LogP contribution in [0.3, 0.4) is 0 Å². The van der Waals surface area contributed by atoms with Crippen molar-refractivity contribution in [1.82, 2.24) is 0 Å². The molecule has 0 unspecified atom stereocenters. The number of hydrogen-bond acceptors (Lipinski definition) is 3. The molecule has 0 saturated carbocycles. The van der Waals surface area contributed by atoms with Crippen LogP contribution in [-0.2, 0) is 0 Å². The lowest BCUT2D eigenvalue weighted by Gasteiger charge is -2.12. The van der Waals surface area contributed by atoms with Gasteiger partial charge >= 0.3 is 0 Å². The summed E-state index contributed by atoms with van der Waals surface area (Å²) in [5.74, 6) is 1.73. The molecule has 0 saturated heterocycles. The van der Waals surface area contributed by atoms with Gasteiger partial charge in [-0.3, -0.25) is 4.99 Å². The van der Waals surface area contributed by atoms with Crippen molar-refractivity contribution in [3.63, 3.8) is 0 Å². The summed E-state index contributed by atoms with van der Waals surface area (Å²) in [4.78, 5) is 4.02. The van der Waals surface area contributed by atoms with Crippen LogP contribution >= 0.6 is 0 Å². The van der Waals surface area contributed by atoms with Gasteiger partial charge in [-0.2, -0.15) is 0 Å². The maximum absolute atomic E-state index is 5.35. The molecule has 2 rings (SSSR count). The predicted molar refractivity (Wildman–Crippen MR) is 50.7 cm³/mol. The molecule has 0 atom stereocenters. The zero-order valence-electron chi connectivity index (χ0n) is 7.49. The quantitative estimate of drug-likeness (QED) is 0.690. The minimum atomic E-state index is 0.418. The lowest BCUT2D eigenvalue weighted by atomic mass is 10.2. The van der Waals surface area contributed by atoms with E-state index in [-0.39, 0.29) is 0 Å². The van der Waals surface area contributed by atoms with E-state index >= 15 is 0 Å². The Kier molecular flexibility index (Phi) is 2.17. The summed E-state index contributed by atoms with van der Waals surface area (Å²) in [5, 5.41) is 0. The van der Waals surface area contributed by atoms with Crippen LogP contribution in [0.4, 0.5) is 0 Å². The molecule has 1 aliphatic heterocycles. The predicted octanol–water partition coefficient (Wildman–Crippen LogP) is 1.85. The van der Waals surface area contributed by atoms with E-state index in [2.05, 4.69) is 4.99 Å². The lowest BCUT2D eigenvalue weighted by molar-refractivity contribution is 0.321. The molecule has 3 heteroatoms. The maximum Gasteiger partial charge on any atom is 0.179 e. The van der Waals surface area contributed by atoms with E-state index in [1.807, 2.05) is 25.1 Å². The highest BCUT2D eigenvalue weighted by Gasteiger charge is 2.06. The van der Waals surface area contributed by atoms with E-state index < -0.39 is 0 Å². The number of benzene rings is 1. The van der Waals surface area contributed by atoms with Gasteiger partial charge in [-0.15, -0.1) is 0 Å². The highest BCUT2D eigenvalue weighted by Crippen LogP contribution is 2.24. The van der Waals surface area contributed by atoms with E-state index in [0.717, 1.165) is 17.1 Å². The second-order valence-electron chi connectivity index (χ2n) is 2.72. The fourth-order valence-corrected chi connectivity index (χ4v) is 1.26. The monoisotopic (exact) mass is 177 g/mol. The topological polar surface area (TPSA) is 30.8 Å². The molecule has 0 N–H and O–H groups in total. The van der Waals surface area contributed by atoms with Crippen LogP contribution in [0, 0.1) is 0 Å². The zero-order chi connectivity index (χ0) is 9.10. The summed E-state index contributed by atoms with van der Waals surface area (Å²) in [5.41, 5.74) is 0.984. The van der Waals surface area contributed by atoms with E-state index in [0.29, 0.717) is 13.3 Å². The normalized spacial score (nSPS) is 13.3. The summed E-state index contributed by atoms with van der Waals surface area (Å²) in [7, 11) is 0. The lowest BCUT2D eigenvalue weighted by Crippen LogP contribution is -2.04. The van der Waals surface area contributed by atoms with Crippen LogP contribution in [0.1, 0.15) is 12.5 Å². The van der Waals surface area contributed by atoms with Gasteiger partial charge < -0.3 is 9.47 Å². The second kappa shape index (κ2) is 3.47. The van der Waals surface area contributed by atoms with Crippen molar-refractivity contribution in [2.75, 3.05) is 13.3 Å². The van der Waals surface area contributed by atoms with E-state index in [9.17, 15) is 0 Å². The first-order valence-electron chi connectivity index (χ1n) is 4.29. The van der Waals surface area contributed by atoms with E-state index in [1.54, 1.807) is 6.21 Å². The minimum absolute atomic E-state index is 0.418. The van der Waals surface area contributed by atoms with Crippen molar-refractivity contribution in [1.29, 1.82) is 0 Å². The molecular formula is C10H11NO2. The zero-order valence-corrected chi connectivity index (χ0v) is 7.49. The van der Waals surface area contributed by atoms with Crippen LogP contribution in [-0.4, -0.2) is 19.6 Å². The van der Waals surface area contributed by atoms with Crippen LogP contribution in [0.5, 0.6) is 11.5 Å². The highest BCUT2D eigenvalue weighted by atomic mass is 16.5. The molecule has 0 amide bonds. The van der Waals surface area contributed by atoms with Gasteiger partial charge in [0.25, 0.3) is 0 Å². The van der Waals surface area contributed by atoms with Crippen LogP contribution in [0.15, 0.2) is 23.2 Å². The van der Waals surface area contributed by atoms with Gasteiger partial charge in [0.15, 0.2) is 6.73 Å². The largest absolute Gasteiger partial charge is 0.494 e. The molecule has 13 heavy (non-hydrogen) atoms. The van der Waals surface area contributed by atoms with Crippen molar-refractivity contribution in [3.05, 3.63) is 23.8 Å². The van der Waals surface area contributed by atoms with E-state index in [1.165, 1.54) is 0 Å². The molecule has 1 aromatic rings. The smallest absolute Gasteiger partial charge is 0.179 e. The summed E-state index contributed by atoms with van der Waals surface area (Å²) in [6, 6.07) is 5.74. The van der Waals surface area contributed by atoms with Gasteiger partial charge in [-0.25, -0.2) is 0 Å². The van der Waals surface area contributed by atoms with Gasteiger partial charge in [0.1, 0.15) is 11.5 Å². The van der Waals surface area contributed by atoms with Crippen molar-refractivity contribution < 1.29 is 9.47 Å². The summed E-state index contributed by atoms with van der Waals surface area (Å²) in [6.07, 6.45) is 1.81. The van der Waals surface area contributed by atoms with Gasteiger partial charge in [0, 0.05) is 11.8 Å².